The van der Waals surface area contributed by atoms with Crippen LogP contribution in [0.4, 0.5) is 5.13 Å². The van der Waals surface area contributed by atoms with E-state index < -0.39 is 0 Å². The number of halogens is 1. The normalized spacial score (nSPS) is 11.1. The number of fused-ring (bicyclic) bond motifs is 1. The lowest BCUT2D eigenvalue weighted by atomic mass is 10.1. The van der Waals surface area contributed by atoms with Crippen molar-refractivity contribution in [2.75, 3.05) is 25.7 Å². The molecule has 2 aromatic heterocycles. The topological polar surface area (TPSA) is 69.5 Å². The standard InChI is InChI=1S/C24H25ClN4O3S/c1-14-10-15(2)29(27-14)9-8-28(23(30)17-11-18(31-4)13-19(12-17)32-5)24-26-22-16(3)20(25)6-7-21(22)33-24/h6-7,10-13H,8-9H2,1-5H3. The quantitative estimate of drug-likeness (QED) is 0.349. The summed E-state index contributed by atoms with van der Waals surface area (Å²) in [5.74, 6) is 0.891. The molecule has 2 aromatic carbocycles. The molecule has 172 valence electrons. The molecule has 0 atom stereocenters. The average molecular weight is 485 g/mol. The predicted molar refractivity (Wildman–Crippen MR) is 132 cm³/mol. The van der Waals surface area contributed by atoms with Crippen LogP contribution < -0.4 is 14.4 Å². The summed E-state index contributed by atoms with van der Waals surface area (Å²) in [6.07, 6.45) is 0. The van der Waals surface area contributed by atoms with Crippen LogP contribution in [0, 0.1) is 20.8 Å². The van der Waals surface area contributed by atoms with E-state index in [-0.39, 0.29) is 5.91 Å². The molecule has 33 heavy (non-hydrogen) atoms. The Bertz CT molecular complexity index is 1310. The van der Waals surface area contributed by atoms with Gasteiger partial charge in [0.05, 0.1) is 36.7 Å². The lowest BCUT2D eigenvalue weighted by Gasteiger charge is -2.21. The number of benzene rings is 2. The highest BCUT2D eigenvalue weighted by Gasteiger charge is 2.24. The van der Waals surface area contributed by atoms with E-state index in [1.807, 2.05) is 43.7 Å². The van der Waals surface area contributed by atoms with Gasteiger partial charge in [-0.2, -0.15) is 5.10 Å². The summed E-state index contributed by atoms with van der Waals surface area (Å²) in [5, 5.41) is 5.79. The lowest BCUT2D eigenvalue weighted by Crippen LogP contribution is -2.34. The first-order chi connectivity index (χ1) is 15.8. The fraction of sp³-hybridized carbons (Fsp3) is 0.292. The predicted octanol–water partition coefficient (Wildman–Crippen LogP) is 5.44. The van der Waals surface area contributed by atoms with Crippen LogP contribution in [0.15, 0.2) is 36.4 Å². The van der Waals surface area contributed by atoms with Crippen molar-refractivity contribution in [1.29, 1.82) is 0 Å². The third-order valence-corrected chi connectivity index (χ3v) is 6.90. The Hall–Kier alpha value is -3.10. The lowest BCUT2D eigenvalue weighted by molar-refractivity contribution is 0.0985. The first-order valence-electron chi connectivity index (χ1n) is 10.4. The van der Waals surface area contributed by atoms with Gasteiger partial charge in [-0.05, 0) is 56.7 Å². The SMILES string of the molecule is COc1cc(OC)cc(C(=O)N(CCn2nc(C)cc2C)c2nc3c(C)c(Cl)ccc3s2)c1. The van der Waals surface area contributed by atoms with Crippen LogP contribution in [0.3, 0.4) is 0 Å². The van der Waals surface area contributed by atoms with Crippen molar-refractivity contribution in [2.45, 2.75) is 27.3 Å². The number of anilines is 1. The van der Waals surface area contributed by atoms with E-state index in [0.29, 0.717) is 40.3 Å². The van der Waals surface area contributed by atoms with E-state index in [1.165, 1.54) is 11.3 Å². The molecule has 4 aromatic rings. The van der Waals surface area contributed by atoms with Gasteiger partial charge in [0.15, 0.2) is 5.13 Å². The van der Waals surface area contributed by atoms with E-state index in [0.717, 1.165) is 27.2 Å². The molecule has 7 nitrogen and oxygen atoms in total. The number of aromatic nitrogens is 3. The Balaban J connectivity index is 1.76. The minimum Gasteiger partial charge on any atom is -0.497 e. The van der Waals surface area contributed by atoms with Gasteiger partial charge in [-0.15, -0.1) is 0 Å². The Morgan fingerprint density at radius 2 is 1.79 bits per heavy atom. The number of thiazole rings is 1. The number of ether oxygens (including phenoxy) is 2. The van der Waals surface area contributed by atoms with Gasteiger partial charge in [-0.3, -0.25) is 14.4 Å². The van der Waals surface area contributed by atoms with Gasteiger partial charge in [-0.25, -0.2) is 4.98 Å². The second kappa shape index (κ2) is 9.41. The number of hydrogen-bond donors (Lipinski definition) is 0. The Kier molecular flexibility index (Phi) is 6.58. The van der Waals surface area contributed by atoms with Gasteiger partial charge >= 0.3 is 0 Å². The summed E-state index contributed by atoms with van der Waals surface area (Å²) >= 11 is 7.77. The Morgan fingerprint density at radius 1 is 1.09 bits per heavy atom. The number of carbonyl (C=O) groups is 1. The number of nitrogens with zero attached hydrogens (tertiary/aromatic N) is 4. The van der Waals surface area contributed by atoms with Crippen molar-refractivity contribution < 1.29 is 14.3 Å². The maximum Gasteiger partial charge on any atom is 0.260 e. The van der Waals surface area contributed by atoms with Crippen molar-refractivity contribution in [3.63, 3.8) is 0 Å². The van der Waals surface area contributed by atoms with Gasteiger partial charge in [0.1, 0.15) is 11.5 Å². The van der Waals surface area contributed by atoms with Gasteiger partial charge in [0.25, 0.3) is 5.91 Å². The van der Waals surface area contributed by atoms with Gasteiger partial charge in [-0.1, -0.05) is 22.9 Å². The molecule has 0 bridgehead atoms. The van der Waals surface area contributed by atoms with Crippen molar-refractivity contribution in [3.8, 4) is 11.5 Å². The molecule has 0 spiro atoms. The maximum atomic E-state index is 13.7. The largest absolute Gasteiger partial charge is 0.497 e. The zero-order valence-electron chi connectivity index (χ0n) is 19.2. The van der Waals surface area contributed by atoms with E-state index in [4.69, 9.17) is 26.1 Å². The fourth-order valence-electron chi connectivity index (χ4n) is 3.67. The molecule has 0 saturated heterocycles. The zero-order chi connectivity index (χ0) is 23.7. The monoisotopic (exact) mass is 484 g/mol. The summed E-state index contributed by atoms with van der Waals surface area (Å²) in [4.78, 5) is 20.2. The smallest absolute Gasteiger partial charge is 0.260 e. The summed E-state index contributed by atoms with van der Waals surface area (Å²) in [5.41, 5.74) is 4.12. The number of methoxy groups -OCH3 is 2. The minimum absolute atomic E-state index is 0.198. The number of hydrogen-bond acceptors (Lipinski definition) is 6. The first kappa shape index (κ1) is 23.1. The summed E-state index contributed by atoms with van der Waals surface area (Å²) < 4.78 is 13.6. The molecule has 0 aliphatic rings. The van der Waals surface area contributed by atoms with Crippen molar-refractivity contribution in [3.05, 3.63) is 63.9 Å². The third-order valence-electron chi connectivity index (χ3n) is 5.45. The molecule has 9 heteroatoms. The van der Waals surface area contributed by atoms with Crippen molar-refractivity contribution >= 4 is 44.2 Å². The Labute approximate surface area is 201 Å². The molecule has 1 amide bonds. The third kappa shape index (κ3) is 4.67. The highest BCUT2D eigenvalue weighted by Crippen LogP contribution is 2.34. The molecule has 0 unspecified atom stereocenters. The molecule has 2 heterocycles. The van der Waals surface area contributed by atoms with Crippen LogP contribution in [0.1, 0.15) is 27.3 Å². The first-order valence-corrected chi connectivity index (χ1v) is 11.6. The average Bonchev–Trinajstić information content (AvgIpc) is 3.38. The second-order valence-corrected chi connectivity index (χ2v) is 9.14. The van der Waals surface area contributed by atoms with E-state index in [9.17, 15) is 4.79 Å². The number of aryl methyl sites for hydroxylation is 3. The van der Waals surface area contributed by atoms with Crippen molar-refractivity contribution in [2.24, 2.45) is 0 Å². The van der Waals surface area contributed by atoms with Crippen LogP contribution in [0.5, 0.6) is 11.5 Å². The summed E-state index contributed by atoms with van der Waals surface area (Å²) in [6.45, 7) is 6.81. The van der Waals surface area contributed by atoms with Crippen LogP contribution in [0.25, 0.3) is 10.2 Å². The zero-order valence-corrected chi connectivity index (χ0v) is 20.8. The number of carbonyl (C=O) groups excluding carboxylic acids is 1. The van der Waals surface area contributed by atoms with Gasteiger partial charge in [0.2, 0.25) is 0 Å². The van der Waals surface area contributed by atoms with Crippen LogP contribution in [-0.2, 0) is 6.54 Å². The molecule has 0 aliphatic carbocycles. The summed E-state index contributed by atoms with van der Waals surface area (Å²) in [7, 11) is 3.12. The van der Waals surface area contributed by atoms with Gasteiger partial charge < -0.3 is 9.47 Å². The summed E-state index contributed by atoms with van der Waals surface area (Å²) in [6, 6.07) is 11.0. The van der Waals surface area contributed by atoms with E-state index in [1.54, 1.807) is 37.3 Å². The fourth-order valence-corrected chi connectivity index (χ4v) is 4.87. The van der Waals surface area contributed by atoms with Crippen molar-refractivity contribution in [1.82, 2.24) is 14.8 Å². The number of rotatable bonds is 7. The molecule has 0 N–H and O–H groups in total. The number of amides is 1. The van der Waals surface area contributed by atoms with Crippen LogP contribution >= 0.6 is 22.9 Å². The molecule has 0 radical (unpaired) electrons. The molecule has 0 saturated carbocycles. The van der Waals surface area contributed by atoms with Crippen LogP contribution in [-0.4, -0.2) is 41.4 Å². The molecule has 0 fully saturated rings. The molecular formula is C24H25ClN4O3S. The maximum absolute atomic E-state index is 13.7. The minimum atomic E-state index is -0.198. The highest BCUT2D eigenvalue weighted by atomic mass is 35.5. The van der Waals surface area contributed by atoms with E-state index in [2.05, 4.69) is 5.10 Å². The molecular weight excluding hydrogens is 460 g/mol. The molecule has 4 rings (SSSR count). The van der Waals surface area contributed by atoms with E-state index >= 15 is 0 Å². The second-order valence-electron chi connectivity index (χ2n) is 7.72. The van der Waals surface area contributed by atoms with Crippen LogP contribution in [0.2, 0.25) is 5.02 Å². The molecule has 0 aliphatic heterocycles. The highest BCUT2D eigenvalue weighted by molar-refractivity contribution is 7.22. The van der Waals surface area contributed by atoms with Gasteiger partial charge in [0, 0.05) is 28.9 Å². The Morgan fingerprint density at radius 3 is 2.39 bits per heavy atom.